The second-order valence-electron chi connectivity index (χ2n) is 3.44. The molecule has 0 aliphatic heterocycles. The van der Waals surface area contributed by atoms with Gasteiger partial charge in [0.05, 0.1) is 11.4 Å². The zero-order chi connectivity index (χ0) is 12.1. The Bertz CT molecular complexity index is 505. The van der Waals surface area contributed by atoms with Crippen LogP contribution in [0.15, 0.2) is 47.5 Å². The summed E-state index contributed by atoms with van der Waals surface area (Å²) in [6, 6.07) is 10.9. The average molecular weight is 247 g/mol. The molecule has 17 heavy (non-hydrogen) atoms. The summed E-state index contributed by atoms with van der Waals surface area (Å²) < 4.78 is 0. The number of anilines is 1. The van der Waals surface area contributed by atoms with Crippen LogP contribution >= 0.6 is 11.8 Å². The molecule has 4 nitrogen and oxygen atoms in total. The lowest BCUT2D eigenvalue weighted by Gasteiger charge is -2.05. The van der Waals surface area contributed by atoms with Gasteiger partial charge in [0.25, 0.3) is 0 Å². The highest BCUT2D eigenvalue weighted by atomic mass is 32.2. The number of para-hydroxylation sites is 1. The van der Waals surface area contributed by atoms with Gasteiger partial charge in [0.1, 0.15) is 5.75 Å². The number of benzene rings is 1. The molecule has 1 aromatic carbocycles. The van der Waals surface area contributed by atoms with Crippen molar-refractivity contribution in [1.82, 2.24) is 4.98 Å². The van der Waals surface area contributed by atoms with Crippen molar-refractivity contribution in [3.8, 4) is 5.75 Å². The standard InChI is InChI=1S/C12H13N3OS/c13-15-9-5-6-14-10(7-9)8-17-12-4-2-1-3-11(12)16/h1-7,16H,8,13H2,(H,14,15). The van der Waals surface area contributed by atoms with Gasteiger partial charge in [0.2, 0.25) is 0 Å². The van der Waals surface area contributed by atoms with Crippen molar-refractivity contribution in [3.63, 3.8) is 0 Å². The molecule has 2 aromatic rings. The largest absolute Gasteiger partial charge is 0.507 e. The van der Waals surface area contributed by atoms with E-state index in [2.05, 4.69) is 10.4 Å². The maximum absolute atomic E-state index is 9.62. The fourth-order valence-corrected chi connectivity index (χ4v) is 2.23. The molecule has 0 radical (unpaired) electrons. The number of hydrogen-bond donors (Lipinski definition) is 3. The summed E-state index contributed by atoms with van der Waals surface area (Å²) in [4.78, 5) is 5.08. The number of aromatic hydroxyl groups is 1. The van der Waals surface area contributed by atoms with Gasteiger partial charge in [-0.2, -0.15) is 0 Å². The minimum Gasteiger partial charge on any atom is -0.507 e. The van der Waals surface area contributed by atoms with Crippen molar-refractivity contribution in [2.75, 3.05) is 5.43 Å². The Morgan fingerprint density at radius 1 is 1.29 bits per heavy atom. The molecule has 0 saturated heterocycles. The van der Waals surface area contributed by atoms with E-state index in [1.54, 1.807) is 24.4 Å². The summed E-state index contributed by atoms with van der Waals surface area (Å²) in [5.74, 6) is 6.31. The molecule has 1 aromatic heterocycles. The summed E-state index contributed by atoms with van der Waals surface area (Å²) in [5, 5.41) is 9.62. The molecule has 0 amide bonds. The fourth-order valence-electron chi connectivity index (χ4n) is 1.38. The Balaban J connectivity index is 2.05. The van der Waals surface area contributed by atoms with E-state index in [1.165, 1.54) is 11.8 Å². The van der Waals surface area contributed by atoms with Crippen molar-refractivity contribution in [2.24, 2.45) is 5.84 Å². The van der Waals surface area contributed by atoms with Gasteiger partial charge in [-0.3, -0.25) is 10.8 Å². The third-order valence-electron chi connectivity index (χ3n) is 2.22. The number of aromatic nitrogens is 1. The lowest BCUT2D eigenvalue weighted by atomic mass is 10.3. The van der Waals surface area contributed by atoms with Crippen LogP contribution in [0.5, 0.6) is 5.75 Å². The van der Waals surface area contributed by atoms with Gasteiger partial charge in [0.15, 0.2) is 0 Å². The first-order chi connectivity index (χ1) is 8.29. The fraction of sp³-hybridized carbons (Fsp3) is 0.0833. The first-order valence-corrected chi connectivity index (χ1v) is 6.10. The number of rotatable bonds is 4. The SMILES string of the molecule is NNc1ccnc(CSc2ccccc2O)c1. The van der Waals surface area contributed by atoms with E-state index in [-0.39, 0.29) is 0 Å². The molecule has 0 fully saturated rings. The summed E-state index contributed by atoms with van der Waals surface area (Å²) >= 11 is 1.54. The summed E-state index contributed by atoms with van der Waals surface area (Å²) in [6.07, 6.45) is 1.70. The van der Waals surface area contributed by atoms with E-state index >= 15 is 0 Å². The molecule has 0 saturated carbocycles. The minimum absolute atomic E-state index is 0.297. The Morgan fingerprint density at radius 3 is 2.88 bits per heavy atom. The molecule has 0 atom stereocenters. The van der Waals surface area contributed by atoms with Crippen LogP contribution in [0.3, 0.4) is 0 Å². The van der Waals surface area contributed by atoms with Crippen LogP contribution in [0.25, 0.3) is 0 Å². The van der Waals surface area contributed by atoms with E-state index < -0.39 is 0 Å². The predicted octanol–water partition coefficient (Wildman–Crippen LogP) is 2.37. The highest BCUT2D eigenvalue weighted by Crippen LogP contribution is 2.30. The van der Waals surface area contributed by atoms with E-state index in [1.807, 2.05) is 18.2 Å². The quantitative estimate of drug-likeness (QED) is 0.439. The number of thioether (sulfide) groups is 1. The topological polar surface area (TPSA) is 71.2 Å². The number of nitrogens with zero attached hydrogens (tertiary/aromatic N) is 1. The second kappa shape index (κ2) is 5.56. The summed E-state index contributed by atoms with van der Waals surface area (Å²) in [5.41, 5.74) is 4.32. The first-order valence-electron chi connectivity index (χ1n) is 5.12. The van der Waals surface area contributed by atoms with Gasteiger partial charge in [-0.1, -0.05) is 12.1 Å². The Morgan fingerprint density at radius 2 is 2.12 bits per heavy atom. The highest BCUT2D eigenvalue weighted by Gasteiger charge is 2.02. The van der Waals surface area contributed by atoms with Gasteiger partial charge < -0.3 is 10.5 Å². The molecule has 0 spiro atoms. The van der Waals surface area contributed by atoms with Gasteiger partial charge >= 0.3 is 0 Å². The number of phenols is 1. The third kappa shape index (κ3) is 3.12. The molecule has 0 bridgehead atoms. The van der Waals surface area contributed by atoms with Crippen molar-refractivity contribution in [1.29, 1.82) is 0 Å². The molecule has 5 heteroatoms. The molecule has 0 aliphatic rings. The zero-order valence-electron chi connectivity index (χ0n) is 9.13. The van der Waals surface area contributed by atoms with Gasteiger partial charge in [-0.25, -0.2) is 0 Å². The van der Waals surface area contributed by atoms with Gasteiger partial charge in [0, 0.05) is 16.8 Å². The van der Waals surface area contributed by atoms with E-state index in [0.717, 1.165) is 16.3 Å². The van der Waals surface area contributed by atoms with Crippen molar-refractivity contribution < 1.29 is 5.11 Å². The van der Waals surface area contributed by atoms with Gasteiger partial charge in [-0.15, -0.1) is 11.8 Å². The van der Waals surface area contributed by atoms with Crippen LogP contribution in [0, 0.1) is 0 Å². The lowest BCUT2D eigenvalue weighted by molar-refractivity contribution is 0.462. The molecule has 0 aliphatic carbocycles. The van der Waals surface area contributed by atoms with Crippen molar-refractivity contribution in [3.05, 3.63) is 48.3 Å². The van der Waals surface area contributed by atoms with Crippen LogP contribution in [0.1, 0.15) is 5.69 Å². The molecule has 88 valence electrons. The van der Waals surface area contributed by atoms with Crippen LogP contribution in [0.4, 0.5) is 5.69 Å². The number of hydrogen-bond acceptors (Lipinski definition) is 5. The monoisotopic (exact) mass is 247 g/mol. The summed E-state index contributed by atoms with van der Waals surface area (Å²) in [7, 11) is 0. The Kier molecular flexibility index (Phi) is 3.85. The highest BCUT2D eigenvalue weighted by molar-refractivity contribution is 7.98. The minimum atomic E-state index is 0.297. The van der Waals surface area contributed by atoms with Crippen LogP contribution in [0.2, 0.25) is 0 Å². The van der Waals surface area contributed by atoms with E-state index in [0.29, 0.717) is 11.5 Å². The second-order valence-corrected chi connectivity index (χ2v) is 4.45. The number of hydrazine groups is 1. The normalized spacial score (nSPS) is 10.2. The zero-order valence-corrected chi connectivity index (χ0v) is 9.95. The number of pyridine rings is 1. The Labute approximate surface area is 104 Å². The molecule has 0 unspecified atom stereocenters. The molecule has 4 N–H and O–H groups in total. The van der Waals surface area contributed by atoms with Crippen molar-refractivity contribution in [2.45, 2.75) is 10.6 Å². The number of nitrogens with one attached hydrogen (secondary N) is 1. The summed E-state index contributed by atoms with van der Waals surface area (Å²) in [6.45, 7) is 0. The van der Waals surface area contributed by atoms with Crippen molar-refractivity contribution >= 4 is 17.4 Å². The van der Waals surface area contributed by atoms with E-state index in [9.17, 15) is 5.11 Å². The predicted molar refractivity (Wildman–Crippen MR) is 69.7 cm³/mol. The maximum Gasteiger partial charge on any atom is 0.129 e. The van der Waals surface area contributed by atoms with Gasteiger partial charge in [-0.05, 0) is 24.3 Å². The average Bonchev–Trinajstić information content (AvgIpc) is 2.38. The van der Waals surface area contributed by atoms with Crippen LogP contribution < -0.4 is 11.3 Å². The first kappa shape index (κ1) is 11.8. The smallest absolute Gasteiger partial charge is 0.129 e. The number of phenolic OH excluding ortho intramolecular Hbond substituents is 1. The Hall–Kier alpha value is -1.72. The molecule has 2 rings (SSSR count). The molecular weight excluding hydrogens is 234 g/mol. The van der Waals surface area contributed by atoms with Crippen LogP contribution in [-0.2, 0) is 5.75 Å². The lowest BCUT2D eigenvalue weighted by Crippen LogP contribution is -2.07. The van der Waals surface area contributed by atoms with Crippen LogP contribution in [-0.4, -0.2) is 10.1 Å². The number of nitrogens with two attached hydrogens (primary N) is 1. The third-order valence-corrected chi connectivity index (χ3v) is 3.32. The van der Waals surface area contributed by atoms with E-state index in [4.69, 9.17) is 5.84 Å². The molecular formula is C12H13N3OS. The molecule has 1 heterocycles. The maximum atomic E-state index is 9.62. The number of nitrogen functional groups attached to an aromatic ring is 1.